The molecule has 0 unspecified atom stereocenters. The summed E-state index contributed by atoms with van der Waals surface area (Å²) >= 11 is 0. The van der Waals surface area contributed by atoms with E-state index in [2.05, 4.69) is 40.6 Å². The van der Waals surface area contributed by atoms with Crippen LogP contribution in [0.25, 0.3) is 21.9 Å². The molecule has 1 N–H and O–H groups in total. The van der Waals surface area contributed by atoms with Crippen molar-refractivity contribution in [3.8, 4) is 11.1 Å². The second-order valence-corrected chi connectivity index (χ2v) is 5.02. The van der Waals surface area contributed by atoms with Crippen molar-refractivity contribution in [1.29, 1.82) is 0 Å². The first kappa shape index (κ1) is 11.2. The Morgan fingerprint density at radius 2 is 1.80 bits per heavy atom. The van der Waals surface area contributed by atoms with Crippen molar-refractivity contribution in [3.63, 3.8) is 0 Å². The van der Waals surface area contributed by atoms with Gasteiger partial charge in [-0.05, 0) is 28.5 Å². The van der Waals surface area contributed by atoms with Crippen LogP contribution >= 0.6 is 0 Å². The molecule has 1 amide bonds. The quantitative estimate of drug-likeness (QED) is 0.728. The Balaban J connectivity index is 1.83. The van der Waals surface area contributed by atoms with E-state index in [1.54, 1.807) is 0 Å². The molecule has 20 heavy (non-hydrogen) atoms. The standard InChI is InChI=1S/C17H12N2O/c20-16-9-14-8-15(10-18-17(14)19-16)13-6-5-11-3-1-2-4-12(11)7-13/h1-8,10H,9H2,(H,18,19,20). The van der Waals surface area contributed by atoms with Gasteiger partial charge in [0.15, 0.2) is 0 Å². The van der Waals surface area contributed by atoms with Crippen LogP contribution in [0, 0.1) is 0 Å². The van der Waals surface area contributed by atoms with Gasteiger partial charge in [-0.15, -0.1) is 0 Å². The van der Waals surface area contributed by atoms with Gasteiger partial charge < -0.3 is 5.32 Å². The SMILES string of the molecule is O=C1Cc2cc(-c3ccc4ccccc4c3)cnc2N1. The van der Waals surface area contributed by atoms with Gasteiger partial charge in [0.2, 0.25) is 5.91 Å². The monoisotopic (exact) mass is 260 g/mol. The topological polar surface area (TPSA) is 42.0 Å². The van der Waals surface area contributed by atoms with Gasteiger partial charge >= 0.3 is 0 Å². The number of anilines is 1. The molecular weight excluding hydrogens is 248 g/mol. The highest BCUT2D eigenvalue weighted by Gasteiger charge is 2.19. The number of fused-ring (bicyclic) bond motifs is 2. The minimum Gasteiger partial charge on any atom is -0.310 e. The second kappa shape index (κ2) is 4.17. The summed E-state index contributed by atoms with van der Waals surface area (Å²) in [6, 6.07) is 16.7. The van der Waals surface area contributed by atoms with E-state index >= 15 is 0 Å². The number of nitrogens with zero attached hydrogens (tertiary/aromatic N) is 1. The molecule has 3 heteroatoms. The van der Waals surface area contributed by atoms with Crippen molar-refractivity contribution in [1.82, 2.24) is 4.98 Å². The summed E-state index contributed by atoms with van der Waals surface area (Å²) in [6.45, 7) is 0. The smallest absolute Gasteiger partial charge is 0.230 e. The Labute approximate surface area is 116 Å². The van der Waals surface area contributed by atoms with Crippen LogP contribution in [0.1, 0.15) is 5.56 Å². The highest BCUT2D eigenvalue weighted by atomic mass is 16.1. The Morgan fingerprint density at radius 1 is 0.950 bits per heavy atom. The lowest BCUT2D eigenvalue weighted by atomic mass is 10.0. The Morgan fingerprint density at radius 3 is 2.70 bits per heavy atom. The van der Waals surface area contributed by atoms with E-state index in [-0.39, 0.29) is 5.91 Å². The molecule has 1 aliphatic rings. The zero-order valence-electron chi connectivity index (χ0n) is 10.8. The van der Waals surface area contributed by atoms with Gasteiger partial charge in [-0.2, -0.15) is 0 Å². The molecule has 0 saturated carbocycles. The third-order valence-electron chi connectivity index (χ3n) is 3.66. The zero-order chi connectivity index (χ0) is 13.5. The maximum Gasteiger partial charge on any atom is 0.230 e. The van der Waals surface area contributed by atoms with Gasteiger partial charge in [0.05, 0.1) is 6.42 Å². The number of nitrogens with one attached hydrogen (secondary N) is 1. The lowest BCUT2D eigenvalue weighted by Crippen LogP contribution is -2.04. The van der Waals surface area contributed by atoms with Gasteiger partial charge in [0.1, 0.15) is 5.82 Å². The van der Waals surface area contributed by atoms with Crippen LogP contribution < -0.4 is 5.32 Å². The number of benzene rings is 2. The maximum absolute atomic E-state index is 11.4. The molecule has 3 nitrogen and oxygen atoms in total. The number of hydrogen-bond donors (Lipinski definition) is 1. The highest BCUT2D eigenvalue weighted by Crippen LogP contribution is 2.28. The Hall–Kier alpha value is -2.68. The number of rotatable bonds is 1. The minimum atomic E-state index is 0.0168. The molecule has 1 aromatic heterocycles. The summed E-state index contributed by atoms with van der Waals surface area (Å²) in [7, 11) is 0. The minimum absolute atomic E-state index is 0.0168. The lowest BCUT2D eigenvalue weighted by Gasteiger charge is -2.05. The largest absolute Gasteiger partial charge is 0.310 e. The fraction of sp³-hybridized carbons (Fsp3) is 0.0588. The van der Waals surface area contributed by atoms with Crippen molar-refractivity contribution in [2.24, 2.45) is 0 Å². The molecule has 0 saturated heterocycles. The number of carbonyl (C=O) groups is 1. The van der Waals surface area contributed by atoms with Crippen LogP contribution in [0.2, 0.25) is 0 Å². The van der Waals surface area contributed by atoms with E-state index < -0.39 is 0 Å². The molecule has 0 fully saturated rings. The second-order valence-electron chi connectivity index (χ2n) is 5.02. The van der Waals surface area contributed by atoms with Crippen LogP contribution in [-0.2, 0) is 11.2 Å². The van der Waals surface area contributed by atoms with Gasteiger partial charge in [0, 0.05) is 17.3 Å². The van der Waals surface area contributed by atoms with E-state index in [0.29, 0.717) is 12.2 Å². The molecule has 4 rings (SSSR count). The Bertz CT molecular complexity index is 839. The summed E-state index contributed by atoms with van der Waals surface area (Å²) in [5.74, 6) is 0.711. The van der Waals surface area contributed by atoms with Crippen LogP contribution in [0.4, 0.5) is 5.82 Å². The Kier molecular flexibility index (Phi) is 2.33. The molecule has 2 aromatic carbocycles. The molecule has 0 bridgehead atoms. The number of hydrogen-bond acceptors (Lipinski definition) is 2. The summed E-state index contributed by atoms with van der Waals surface area (Å²) in [6.07, 6.45) is 2.23. The molecule has 1 aliphatic heterocycles. The van der Waals surface area contributed by atoms with Crippen molar-refractivity contribution in [2.75, 3.05) is 5.32 Å². The number of amides is 1. The molecule has 3 aromatic rings. The van der Waals surface area contributed by atoms with Gasteiger partial charge in [-0.25, -0.2) is 4.98 Å². The molecule has 0 atom stereocenters. The van der Waals surface area contributed by atoms with Crippen LogP contribution in [0.5, 0.6) is 0 Å². The van der Waals surface area contributed by atoms with Crippen molar-refractivity contribution in [3.05, 3.63) is 60.3 Å². The van der Waals surface area contributed by atoms with Crippen LogP contribution in [0.3, 0.4) is 0 Å². The molecule has 0 aliphatic carbocycles. The predicted molar refractivity (Wildman–Crippen MR) is 79.5 cm³/mol. The van der Waals surface area contributed by atoms with Crippen molar-refractivity contribution < 1.29 is 4.79 Å². The first-order valence-corrected chi connectivity index (χ1v) is 6.57. The number of carbonyl (C=O) groups excluding carboxylic acids is 1. The van der Waals surface area contributed by atoms with E-state index in [1.807, 2.05) is 24.4 Å². The molecule has 0 radical (unpaired) electrons. The number of aromatic nitrogens is 1. The first-order chi connectivity index (χ1) is 9.79. The fourth-order valence-electron chi connectivity index (χ4n) is 2.63. The van der Waals surface area contributed by atoms with E-state index in [0.717, 1.165) is 16.7 Å². The van der Waals surface area contributed by atoms with Crippen molar-refractivity contribution in [2.45, 2.75) is 6.42 Å². The third-order valence-corrected chi connectivity index (χ3v) is 3.66. The van der Waals surface area contributed by atoms with E-state index in [9.17, 15) is 4.79 Å². The first-order valence-electron chi connectivity index (χ1n) is 6.57. The zero-order valence-corrected chi connectivity index (χ0v) is 10.8. The molecule has 2 heterocycles. The maximum atomic E-state index is 11.4. The summed E-state index contributed by atoms with van der Waals surface area (Å²) < 4.78 is 0. The van der Waals surface area contributed by atoms with Gasteiger partial charge in [-0.3, -0.25) is 4.79 Å². The van der Waals surface area contributed by atoms with Crippen LogP contribution in [-0.4, -0.2) is 10.9 Å². The number of pyridine rings is 1. The predicted octanol–water partition coefficient (Wildman–Crippen LogP) is 3.40. The molecule has 96 valence electrons. The van der Waals surface area contributed by atoms with Gasteiger partial charge in [-0.1, -0.05) is 36.4 Å². The summed E-state index contributed by atoms with van der Waals surface area (Å²) in [5.41, 5.74) is 3.14. The third kappa shape index (κ3) is 1.75. The molecule has 0 spiro atoms. The molecular formula is C17H12N2O. The highest BCUT2D eigenvalue weighted by molar-refractivity contribution is 5.98. The van der Waals surface area contributed by atoms with E-state index in [1.165, 1.54) is 10.8 Å². The average molecular weight is 260 g/mol. The van der Waals surface area contributed by atoms with Gasteiger partial charge in [0.25, 0.3) is 0 Å². The normalized spacial score (nSPS) is 13.3. The van der Waals surface area contributed by atoms with Crippen LogP contribution in [0.15, 0.2) is 54.7 Å². The summed E-state index contributed by atoms with van der Waals surface area (Å²) in [4.78, 5) is 15.7. The summed E-state index contributed by atoms with van der Waals surface area (Å²) in [5, 5.41) is 5.19. The van der Waals surface area contributed by atoms with E-state index in [4.69, 9.17) is 0 Å². The lowest BCUT2D eigenvalue weighted by molar-refractivity contribution is -0.115. The average Bonchev–Trinajstić information content (AvgIpc) is 2.85. The fourth-order valence-corrected chi connectivity index (χ4v) is 2.63. The van der Waals surface area contributed by atoms with Crippen molar-refractivity contribution >= 4 is 22.5 Å².